The molecular weight excluding hydrogens is 258 g/mol. The van der Waals surface area contributed by atoms with Crippen molar-refractivity contribution in [1.29, 1.82) is 0 Å². The third-order valence-corrected chi connectivity index (χ3v) is 4.19. The van der Waals surface area contributed by atoms with Gasteiger partial charge in [0.2, 0.25) is 5.13 Å². The second kappa shape index (κ2) is 5.27. The zero-order valence-corrected chi connectivity index (χ0v) is 11.7. The van der Waals surface area contributed by atoms with Crippen LogP contribution in [0.5, 0.6) is 0 Å². The molecule has 2 aromatic rings. The van der Waals surface area contributed by atoms with Crippen LogP contribution in [0.1, 0.15) is 24.2 Å². The number of rotatable bonds is 6. The molecule has 0 amide bonds. The van der Waals surface area contributed by atoms with Gasteiger partial charge < -0.3 is 10.1 Å². The summed E-state index contributed by atoms with van der Waals surface area (Å²) in [7, 11) is 1.70. The predicted octanol–water partition coefficient (Wildman–Crippen LogP) is 2.68. The van der Waals surface area contributed by atoms with Gasteiger partial charge in [0.25, 0.3) is 0 Å². The normalized spacial score (nSPS) is 16.3. The number of ether oxygens (including phenoxy) is 1. The van der Waals surface area contributed by atoms with Crippen molar-refractivity contribution >= 4 is 16.7 Å². The number of benzene rings is 1. The van der Waals surface area contributed by atoms with Gasteiger partial charge in [-0.3, -0.25) is 0 Å². The summed E-state index contributed by atoms with van der Waals surface area (Å²) in [5.41, 5.74) is 1.40. The highest BCUT2D eigenvalue weighted by Gasteiger charge is 2.49. The summed E-state index contributed by atoms with van der Waals surface area (Å²) in [4.78, 5) is 4.63. The molecule has 1 aliphatic rings. The van der Waals surface area contributed by atoms with Gasteiger partial charge in [-0.2, -0.15) is 4.37 Å². The molecule has 1 aromatic carbocycles. The van der Waals surface area contributed by atoms with Crippen molar-refractivity contribution in [1.82, 2.24) is 9.36 Å². The first kappa shape index (κ1) is 12.6. The molecule has 1 heterocycles. The van der Waals surface area contributed by atoms with Crippen LogP contribution in [0.25, 0.3) is 0 Å². The summed E-state index contributed by atoms with van der Waals surface area (Å²) in [6, 6.07) is 10.6. The summed E-state index contributed by atoms with van der Waals surface area (Å²) < 4.78 is 9.55. The number of aromatic nitrogens is 2. The fraction of sp³-hybridized carbons (Fsp3) is 0.429. The Labute approximate surface area is 117 Å². The first-order valence-corrected chi connectivity index (χ1v) is 7.25. The van der Waals surface area contributed by atoms with Crippen LogP contribution in [0.3, 0.4) is 0 Å². The molecule has 4 nitrogen and oxygen atoms in total. The lowest BCUT2D eigenvalue weighted by Gasteiger charge is -2.11. The zero-order valence-electron chi connectivity index (χ0n) is 10.9. The molecule has 0 aliphatic heterocycles. The van der Waals surface area contributed by atoms with Gasteiger partial charge in [-0.05, 0) is 18.4 Å². The van der Waals surface area contributed by atoms with Crippen LogP contribution >= 0.6 is 11.5 Å². The molecule has 0 unspecified atom stereocenters. The van der Waals surface area contributed by atoms with Gasteiger partial charge in [-0.1, -0.05) is 30.3 Å². The molecule has 1 saturated carbocycles. The molecular formula is C14H17N3OS. The minimum absolute atomic E-state index is 0.0684. The molecule has 1 aliphatic carbocycles. The van der Waals surface area contributed by atoms with Crippen LogP contribution in [0.15, 0.2) is 30.3 Å². The van der Waals surface area contributed by atoms with Crippen molar-refractivity contribution in [3.63, 3.8) is 0 Å². The van der Waals surface area contributed by atoms with Gasteiger partial charge in [-0.15, -0.1) is 0 Å². The van der Waals surface area contributed by atoms with E-state index in [1.165, 1.54) is 17.1 Å². The van der Waals surface area contributed by atoms with Gasteiger partial charge >= 0.3 is 0 Å². The largest absolute Gasteiger partial charge is 0.383 e. The highest BCUT2D eigenvalue weighted by atomic mass is 32.1. The van der Waals surface area contributed by atoms with Crippen molar-refractivity contribution in [2.45, 2.75) is 18.3 Å². The Kier molecular flexibility index (Phi) is 3.48. The van der Waals surface area contributed by atoms with Crippen LogP contribution < -0.4 is 5.32 Å². The van der Waals surface area contributed by atoms with E-state index in [1.54, 1.807) is 7.11 Å². The SMILES string of the molecule is COCCNc1nc(C2(c3ccccc3)CC2)ns1. The molecule has 1 fully saturated rings. The molecule has 100 valence electrons. The summed E-state index contributed by atoms with van der Waals surface area (Å²) in [5, 5.41) is 4.12. The highest BCUT2D eigenvalue weighted by molar-refractivity contribution is 7.09. The quantitative estimate of drug-likeness (QED) is 0.823. The zero-order chi connectivity index (χ0) is 13.1. The van der Waals surface area contributed by atoms with Crippen molar-refractivity contribution in [3.05, 3.63) is 41.7 Å². The maximum Gasteiger partial charge on any atom is 0.202 e. The number of nitrogens with one attached hydrogen (secondary N) is 1. The van der Waals surface area contributed by atoms with Gasteiger partial charge in [-0.25, -0.2) is 4.98 Å². The van der Waals surface area contributed by atoms with Gasteiger partial charge in [0.05, 0.1) is 12.0 Å². The Morgan fingerprint density at radius 3 is 2.79 bits per heavy atom. The summed E-state index contributed by atoms with van der Waals surface area (Å²) >= 11 is 1.43. The van der Waals surface area contributed by atoms with Crippen LogP contribution in [0.2, 0.25) is 0 Å². The molecule has 0 radical (unpaired) electrons. The van der Waals surface area contributed by atoms with Crippen molar-refractivity contribution in [2.24, 2.45) is 0 Å². The standard InChI is InChI=1S/C14H17N3OS/c1-18-10-9-15-13-16-12(17-19-13)14(7-8-14)11-5-3-2-4-6-11/h2-6H,7-10H2,1H3,(H,15,16,17). The molecule has 0 spiro atoms. The Morgan fingerprint density at radius 2 is 2.11 bits per heavy atom. The van der Waals surface area contributed by atoms with E-state index in [0.717, 1.165) is 30.3 Å². The maximum atomic E-state index is 5.01. The van der Waals surface area contributed by atoms with E-state index in [9.17, 15) is 0 Å². The maximum absolute atomic E-state index is 5.01. The van der Waals surface area contributed by atoms with E-state index >= 15 is 0 Å². The average Bonchev–Trinajstić information content (AvgIpc) is 3.14. The van der Waals surface area contributed by atoms with Crippen LogP contribution in [0, 0.1) is 0 Å². The van der Waals surface area contributed by atoms with Crippen molar-refractivity contribution < 1.29 is 4.74 Å². The van der Waals surface area contributed by atoms with Gasteiger partial charge in [0, 0.05) is 25.2 Å². The second-order valence-electron chi connectivity index (χ2n) is 4.79. The number of anilines is 1. The van der Waals surface area contributed by atoms with Crippen LogP contribution in [-0.4, -0.2) is 29.6 Å². The van der Waals surface area contributed by atoms with Crippen molar-refractivity contribution in [2.75, 3.05) is 25.6 Å². The molecule has 0 bridgehead atoms. The van der Waals surface area contributed by atoms with E-state index in [4.69, 9.17) is 4.74 Å². The Hall–Kier alpha value is -1.46. The number of hydrogen-bond donors (Lipinski definition) is 1. The third kappa shape index (κ3) is 2.48. The summed E-state index contributed by atoms with van der Waals surface area (Å²) in [6.07, 6.45) is 2.29. The molecule has 1 aromatic heterocycles. The summed E-state index contributed by atoms with van der Waals surface area (Å²) in [6.45, 7) is 1.45. The topological polar surface area (TPSA) is 47.0 Å². The van der Waals surface area contributed by atoms with Crippen LogP contribution in [-0.2, 0) is 10.2 Å². The second-order valence-corrected chi connectivity index (χ2v) is 5.54. The average molecular weight is 275 g/mol. The highest BCUT2D eigenvalue weighted by Crippen LogP contribution is 2.52. The fourth-order valence-corrected chi connectivity index (χ4v) is 2.96. The van der Waals surface area contributed by atoms with E-state index in [-0.39, 0.29) is 5.41 Å². The molecule has 0 saturated heterocycles. The van der Waals surface area contributed by atoms with E-state index in [0.29, 0.717) is 6.61 Å². The predicted molar refractivity (Wildman–Crippen MR) is 76.7 cm³/mol. The molecule has 5 heteroatoms. The fourth-order valence-electron chi connectivity index (χ4n) is 2.27. The molecule has 1 N–H and O–H groups in total. The van der Waals surface area contributed by atoms with Gasteiger partial charge in [0.15, 0.2) is 5.82 Å². The van der Waals surface area contributed by atoms with Gasteiger partial charge in [0.1, 0.15) is 0 Å². The smallest absolute Gasteiger partial charge is 0.202 e. The number of nitrogens with zero attached hydrogens (tertiary/aromatic N) is 2. The third-order valence-electron chi connectivity index (χ3n) is 3.51. The first-order valence-electron chi connectivity index (χ1n) is 6.48. The lowest BCUT2D eigenvalue weighted by Crippen LogP contribution is -2.11. The Balaban J connectivity index is 1.76. The lowest BCUT2D eigenvalue weighted by molar-refractivity contribution is 0.211. The minimum atomic E-state index is 0.0684. The molecule has 0 atom stereocenters. The van der Waals surface area contributed by atoms with E-state index in [2.05, 4.69) is 38.9 Å². The monoisotopic (exact) mass is 275 g/mol. The molecule has 3 rings (SSSR count). The Morgan fingerprint density at radius 1 is 1.32 bits per heavy atom. The first-order chi connectivity index (χ1) is 9.35. The lowest BCUT2D eigenvalue weighted by atomic mass is 9.95. The van der Waals surface area contributed by atoms with E-state index < -0.39 is 0 Å². The van der Waals surface area contributed by atoms with Crippen LogP contribution in [0.4, 0.5) is 5.13 Å². The summed E-state index contributed by atoms with van der Waals surface area (Å²) in [5.74, 6) is 0.962. The molecule has 19 heavy (non-hydrogen) atoms. The number of hydrogen-bond acceptors (Lipinski definition) is 5. The Bertz CT molecular complexity index is 537. The van der Waals surface area contributed by atoms with E-state index in [1.807, 2.05) is 6.07 Å². The van der Waals surface area contributed by atoms with Crippen molar-refractivity contribution in [3.8, 4) is 0 Å². The number of methoxy groups -OCH3 is 1. The minimum Gasteiger partial charge on any atom is -0.383 e.